The van der Waals surface area contributed by atoms with E-state index in [9.17, 15) is 29.0 Å². The minimum Gasteiger partial charge on any atom is -0.508 e. The molecule has 6 atom stereocenters. The zero-order chi connectivity index (χ0) is 37.2. The number of nitrogens with one attached hydrogen (secondary N) is 1. The average Bonchev–Trinajstić information content (AvgIpc) is 3.52. The van der Waals surface area contributed by atoms with Crippen LogP contribution in [0.3, 0.4) is 0 Å². The molecule has 0 aromatic heterocycles. The summed E-state index contributed by atoms with van der Waals surface area (Å²) in [5, 5.41) is 22.2. The van der Waals surface area contributed by atoms with Crippen molar-refractivity contribution >= 4 is 40.9 Å². The molecule has 3 N–H and O–H groups in total. The van der Waals surface area contributed by atoms with Gasteiger partial charge in [0.25, 0.3) is 11.8 Å². The third kappa shape index (κ3) is 5.44. The molecule has 2 aliphatic heterocycles. The first kappa shape index (κ1) is 34.4. The summed E-state index contributed by atoms with van der Waals surface area (Å²) in [6.45, 7) is 0.151. The Morgan fingerprint density at radius 1 is 0.887 bits per heavy atom. The summed E-state index contributed by atoms with van der Waals surface area (Å²) in [5.74, 6) is -5.95. The summed E-state index contributed by atoms with van der Waals surface area (Å²) in [7, 11) is 1.43. The first-order chi connectivity index (χ1) is 25.5. The van der Waals surface area contributed by atoms with Crippen molar-refractivity contribution in [1.82, 2.24) is 9.91 Å². The van der Waals surface area contributed by atoms with Crippen LogP contribution in [0.15, 0.2) is 103 Å². The maximum Gasteiger partial charge on any atom is 0.260 e. The molecule has 53 heavy (non-hydrogen) atoms. The molecule has 8 rings (SSSR count). The summed E-state index contributed by atoms with van der Waals surface area (Å²) in [6.07, 6.45) is 2.67. The number of nitrogens with zero attached hydrogens (tertiary/aromatic N) is 2. The number of carbonyl (C=O) groups is 4. The van der Waals surface area contributed by atoms with Crippen LogP contribution in [0.25, 0.3) is 0 Å². The standard InChI is InChI=1S/C41H35ClFN3O7/c1-53-34-17-4-23(20-33(34)48)36-29-15-16-30-35(39(51)45(37(30)49)19-18-22-2-13-28(47)14-3-22)31(29)21-32-38(50)46(44-27-11-9-26(43)10-12-27)40(52)41(32,36)24-5-7-25(42)8-6-24/h2-15,17,20,30-32,35-36,44,47-48H,16,18-19,21H2,1H3. The number of methoxy groups -OCH3 is 1. The van der Waals surface area contributed by atoms with E-state index in [0.717, 1.165) is 16.1 Å². The molecule has 270 valence electrons. The van der Waals surface area contributed by atoms with E-state index in [1.54, 1.807) is 60.7 Å². The fourth-order valence-corrected chi connectivity index (χ4v) is 9.23. The van der Waals surface area contributed by atoms with Crippen molar-refractivity contribution in [1.29, 1.82) is 0 Å². The fraction of sp³-hybridized carbons (Fsp3) is 0.268. The molecule has 3 fully saturated rings. The molecule has 0 bridgehead atoms. The van der Waals surface area contributed by atoms with Crippen LogP contribution in [-0.2, 0) is 31.0 Å². The van der Waals surface area contributed by atoms with Crippen LogP contribution in [0, 0.1) is 29.5 Å². The van der Waals surface area contributed by atoms with Gasteiger partial charge < -0.3 is 14.9 Å². The first-order valence-electron chi connectivity index (χ1n) is 17.4. The molecule has 4 aromatic carbocycles. The number of benzene rings is 4. The zero-order valence-electron chi connectivity index (χ0n) is 28.5. The lowest BCUT2D eigenvalue weighted by molar-refractivity contribution is -0.141. The van der Waals surface area contributed by atoms with E-state index in [1.165, 1.54) is 42.3 Å². The molecule has 6 unspecified atom stereocenters. The van der Waals surface area contributed by atoms with Crippen molar-refractivity contribution < 1.29 is 38.5 Å². The molecule has 12 heteroatoms. The fourth-order valence-electron chi connectivity index (χ4n) is 9.11. The number of phenols is 2. The monoisotopic (exact) mass is 735 g/mol. The molecule has 10 nitrogen and oxygen atoms in total. The second-order valence-electron chi connectivity index (χ2n) is 14.0. The molecule has 4 aliphatic rings. The summed E-state index contributed by atoms with van der Waals surface area (Å²) in [4.78, 5) is 59.6. The van der Waals surface area contributed by atoms with Gasteiger partial charge in [0, 0.05) is 17.5 Å². The number of hydrazine groups is 1. The van der Waals surface area contributed by atoms with Gasteiger partial charge in [-0.05, 0) is 103 Å². The Morgan fingerprint density at radius 3 is 2.28 bits per heavy atom. The zero-order valence-corrected chi connectivity index (χ0v) is 29.3. The number of halogens is 2. The van der Waals surface area contributed by atoms with Crippen molar-refractivity contribution in [3.05, 3.63) is 130 Å². The van der Waals surface area contributed by atoms with E-state index in [-0.39, 0.29) is 48.4 Å². The maximum absolute atomic E-state index is 15.2. The van der Waals surface area contributed by atoms with Gasteiger partial charge in [-0.25, -0.2) is 4.39 Å². The lowest BCUT2D eigenvalue weighted by Gasteiger charge is -2.50. The minimum absolute atomic E-state index is 0.0885. The van der Waals surface area contributed by atoms with Crippen LogP contribution in [0.4, 0.5) is 10.1 Å². The summed E-state index contributed by atoms with van der Waals surface area (Å²) >= 11 is 6.35. The molecular weight excluding hydrogens is 701 g/mol. The van der Waals surface area contributed by atoms with Gasteiger partial charge >= 0.3 is 0 Å². The summed E-state index contributed by atoms with van der Waals surface area (Å²) < 4.78 is 19.2. The third-order valence-electron chi connectivity index (χ3n) is 11.4. The number of carbonyl (C=O) groups excluding carboxylic acids is 4. The van der Waals surface area contributed by atoms with Crippen molar-refractivity contribution in [2.24, 2.45) is 23.7 Å². The number of likely N-dealkylation sites (tertiary alicyclic amines) is 1. The molecule has 4 aromatic rings. The molecule has 2 heterocycles. The Kier molecular flexibility index (Phi) is 8.48. The van der Waals surface area contributed by atoms with E-state index in [4.69, 9.17) is 16.3 Å². The summed E-state index contributed by atoms with van der Waals surface area (Å²) in [6, 6.07) is 23.5. The molecule has 0 spiro atoms. The normalized spacial score (nSPS) is 26.2. The van der Waals surface area contributed by atoms with E-state index in [0.29, 0.717) is 28.3 Å². The number of fused-ring (bicyclic) bond motifs is 4. The molecule has 0 radical (unpaired) electrons. The van der Waals surface area contributed by atoms with Crippen LogP contribution in [-0.4, -0.2) is 57.4 Å². The van der Waals surface area contributed by atoms with Gasteiger partial charge in [-0.3, -0.25) is 29.5 Å². The number of amides is 4. The van der Waals surface area contributed by atoms with Crippen molar-refractivity contribution in [3.8, 4) is 17.2 Å². The average molecular weight is 736 g/mol. The Balaban J connectivity index is 1.26. The van der Waals surface area contributed by atoms with Crippen LogP contribution in [0.5, 0.6) is 17.2 Å². The van der Waals surface area contributed by atoms with Crippen LogP contribution < -0.4 is 10.2 Å². The second kappa shape index (κ2) is 13.1. The number of anilines is 1. The minimum atomic E-state index is -1.57. The van der Waals surface area contributed by atoms with E-state index in [1.807, 2.05) is 6.08 Å². The number of imide groups is 2. The highest BCUT2D eigenvalue weighted by Gasteiger charge is 2.70. The predicted molar refractivity (Wildman–Crippen MR) is 192 cm³/mol. The van der Waals surface area contributed by atoms with E-state index in [2.05, 4.69) is 5.43 Å². The molecule has 2 aliphatic carbocycles. The van der Waals surface area contributed by atoms with E-state index >= 15 is 4.79 Å². The Morgan fingerprint density at radius 2 is 1.60 bits per heavy atom. The van der Waals surface area contributed by atoms with Crippen LogP contribution in [0.1, 0.15) is 35.4 Å². The number of phenolic OH excluding ortho intramolecular Hbond substituents is 2. The van der Waals surface area contributed by atoms with Gasteiger partial charge in [-0.2, -0.15) is 5.01 Å². The maximum atomic E-state index is 15.2. The van der Waals surface area contributed by atoms with Gasteiger partial charge in [0.15, 0.2) is 11.5 Å². The Bertz CT molecular complexity index is 2180. The van der Waals surface area contributed by atoms with Gasteiger partial charge in [0.05, 0.1) is 36.0 Å². The number of aromatic hydroxyl groups is 2. The Hall–Kier alpha value is -5.68. The number of allylic oxidation sites excluding steroid dienone is 2. The van der Waals surface area contributed by atoms with Crippen molar-refractivity contribution in [2.45, 2.75) is 30.6 Å². The first-order valence-corrected chi connectivity index (χ1v) is 17.8. The Labute approximate surface area is 309 Å². The van der Waals surface area contributed by atoms with Gasteiger partial charge in [0.2, 0.25) is 11.8 Å². The molecular formula is C41H35ClFN3O7. The van der Waals surface area contributed by atoms with Crippen LogP contribution >= 0.6 is 11.6 Å². The van der Waals surface area contributed by atoms with Gasteiger partial charge in [-0.15, -0.1) is 0 Å². The molecule has 4 amide bonds. The number of rotatable bonds is 8. The van der Waals surface area contributed by atoms with Crippen molar-refractivity contribution in [2.75, 3.05) is 19.1 Å². The van der Waals surface area contributed by atoms with Crippen molar-refractivity contribution in [3.63, 3.8) is 0 Å². The summed E-state index contributed by atoms with van der Waals surface area (Å²) in [5.41, 5.74) is 4.28. The lowest BCUT2D eigenvalue weighted by atomic mass is 9.49. The van der Waals surface area contributed by atoms with Gasteiger partial charge in [0.1, 0.15) is 11.6 Å². The molecule has 2 saturated heterocycles. The molecule has 1 saturated carbocycles. The highest BCUT2D eigenvalue weighted by atomic mass is 35.5. The van der Waals surface area contributed by atoms with E-state index < -0.39 is 52.6 Å². The highest BCUT2D eigenvalue weighted by Crippen LogP contribution is 2.64. The smallest absolute Gasteiger partial charge is 0.260 e. The topological polar surface area (TPSA) is 136 Å². The quantitative estimate of drug-likeness (QED) is 0.145. The highest BCUT2D eigenvalue weighted by molar-refractivity contribution is 6.30. The third-order valence-corrected chi connectivity index (χ3v) is 11.7. The van der Waals surface area contributed by atoms with Gasteiger partial charge in [-0.1, -0.05) is 53.6 Å². The second-order valence-corrected chi connectivity index (χ2v) is 14.5. The SMILES string of the molecule is COc1ccc(C2C3=CCC4C(=O)N(CCc5ccc(O)cc5)C(=O)C4C3CC3C(=O)N(Nc4ccc(F)cc4)C(=O)C32c2ccc(Cl)cc2)cc1O. The van der Waals surface area contributed by atoms with Crippen LogP contribution in [0.2, 0.25) is 5.02 Å². The largest absolute Gasteiger partial charge is 0.508 e. The lowest BCUT2D eigenvalue weighted by Crippen LogP contribution is -2.53. The number of ether oxygens (including phenoxy) is 1. The number of hydrogen-bond donors (Lipinski definition) is 3. The number of hydrogen-bond acceptors (Lipinski definition) is 8. The predicted octanol–water partition coefficient (Wildman–Crippen LogP) is 6.13.